The second-order valence-electron chi connectivity index (χ2n) is 7.89. The van der Waals surface area contributed by atoms with Crippen molar-refractivity contribution < 1.29 is 19.3 Å². The van der Waals surface area contributed by atoms with Gasteiger partial charge in [0.1, 0.15) is 6.10 Å². The molecule has 0 fully saturated rings. The largest absolute Gasteiger partial charge is 0.493 e. The lowest BCUT2D eigenvalue weighted by Crippen LogP contribution is -2.34. The minimum atomic E-state index is -0.583. The van der Waals surface area contributed by atoms with Gasteiger partial charge in [0, 0.05) is 13.1 Å². The molecule has 1 atom stereocenters. The predicted octanol–water partition coefficient (Wildman–Crippen LogP) is 4.35. The number of hydrogen-bond acceptors (Lipinski definition) is 5. The molecule has 0 radical (unpaired) electrons. The minimum Gasteiger partial charge on any atom is -0.493 e. The molecule has 0 saturated heterocycles. The fourth-order valence-electron chi connectivity index (χ4n) is 3.71. The molecule has 0 aliphatic rings. The van der Waals surface area contributed by atoms with E-state index in [1.54, 1.807) is 14.2 Å². The highest BCUT2D eigenvalue weighted by atomic mass is 16.5. The lowest BCUT2D eigenvalue weighted by molar-refractivity contribution is -0.00532. The van der Waals surface area contributed by atoms with Crippen molar-refractivity contribution in [3.63, 3.8) is 0 Å². The minimum absolute atomic E-state index is 0.205. The van der Waals surface area contributed by atoms with Crippen LogP contribution in [0, 0.1) is 0 Å². The zero-order chi connectivity index (χ0) is 22.8. The van der Waals surface area contributed by atoms with Gasteiger partial charge >= 0.3 is 0 Å². The predicted molar refractivity (Wildman–Crippen MR) is 127 cm³/mol. The molecule has 0 amide bonds. The number of nitrogens with zero attached hydrogens (tertiary/aromatic N) is 1. The summed E-state index contributed by atoms with van der Waals surface area (Å²) in [5.74, 6) is 1.46. The molecule has 0 aliphatic heterocycles. The van der Waals surface area contributed by atoms with Crippen LogP contribution >= 0.6 is 0 Å². The Morgan fingerprint density at radius 1 is 0.812 bits per heavy atom. The number of rotatable bonds is 12. The van der Waals surface area contributed by atoms with E-state index >= 15 is 0 Å². The number of aliphatic hydroxyl groups is 1. The quantitative estimate of drug-likeness (QED) is 0.459. The number of ether oxygens (including phenoxy) is 3. The summed E-state index contributed by atoms with van der Waals surface area (Å²) in [6.45, 7) is 1.60. The second-order valence-corrected chi connectivity index (χ2v) is 7.89. The van der Waals surface area contributed by atoms with E-state index in [4.69, 9.17) is 14.2 Å². The zero-order valence-corrected chi connectivity index (χ0v) is 19.1. The standard InChI is InChI=1S/C27H33NO4/c1-28(17-16-21-14-15-25(30-2)26(18-21)31-3)19-24(29)20-32-27(22-10-6-4-7-11-22)23-12-8-5-9-13-23/h4-15,18,24,27,29H,16-17,19-20H2,1-3H3. The van der Waals surface area contributed by atoms with Crippen molar-refractivity contribution in [3.8, 4) is 11.5 Å². The van der Waals surface area contributed by atoms with Gasteiger partial charge in [-0.15, -0.1) is 0 Å². The summed E-state index contributed by atoms with van der Waals surface area (Å²) < 4.78 is 16.9. The van der Waals surface area contributed by atoms with Gasteiger partial charge in [-0.2, -0.15) is 0 Å². The van der Waals surface area contributed by atoms with Crippen LogP contribution in [0.5, 0.6) is 11.5 Å². The van der Waals surface area contributed by atoms with Crippen LogP contribution < -0.4 is 9.47 Å². The summed E-state index contributed by atoms with van der Waals surface area (Å²) in [5.41, 5.74) is 3.31. The molecule has 32 heavy (non-hydrogen) atoms. The van der Waals surface area contributed by atoms with Crippen molar-refractivity contribution in [3.05, 3.63) is 95.6 Å². The van der Waals surface area contributed by atoms with Gasteiger partial charge in [-0.1, -0.05) is 66.7 Å². The average molecular weight is 436 g/mol. The summed E-state index contributed by atoms with van der Waals surface area (Å²) >= 11 is 0. The summed E-state index contributed by atoms with van der Waals surface area (Å²) in [6, 6.07) is 26.2. The van der Waals surface area contributed by atoms with E-state index in [1.807, 2.05) is 61.6 Å². The molecule has 0 heterocycles. The van der Waals surface area contributed by atoms with Crippen molar-refractivity contribution in [2.45, 2.75) is 18.6 Å². The van der Waals surface area contributed by atoms with Crippen molar-refractivity contribution >= 4 is 0 Å². The van der Waals surface area contributed by atoms with Crippen LogP contribution in [0.25, 0.3) is 0 Å². The molecular formula is C27H33NO4. The Morgan fingerprint density at radius 2 is 1.41 bits per heavy atom. The maximum absolute atomic E-state index is 10.6. The summed E-state index contributed by atoms with van der Waals surface area (Å²) in [7, 11) is 5.28. The normalized spacial score (nSPS) is 12.2. The van der Waals surface area contributed by atoms with Crippen LogP contribution in [-0.2, 0) is 11.2 Å². The Morgan fingerprint density at radius 3 is 1.97 bits per heavy atom. The molecule has 0 saturated carbocycles. The maximum Gasteiger partial charge on any atom is 0.160 e. The first-order chi connectivity index (χ1) is 15.6. The van der Waals surface area contributed by atoms with Crippen molar-refractivity contribution in [1.29, 1.82) is 0 Å². The van der Waals surface area contributed by atoms with Crippen LogP contribution in [0.15, 0.2) is 78.9 Å². The lowest BCUT2D eigenvalue weighted by Gasteiger charge is -2.24. The average Bonchev–Trinajstić information content (AvgIpc) is 2.84. The smallest absolute Gasteiger partial charge is 0.160 e. The molecule has 5 nitrogen and oxygen atoms in total. The summed E-state index contributed by atoms with van der Waals surface area (Å²) in [6.07, 6.45) is 0.0608. The van der Waals surface area contributed by atoms with Crippen LogP contribution in [0.3, 0.4) is 0 Å². The van der Waals surface area contributed by atoms with Crippen molar-refractivity contribution in [1.82, 2.24) is 4.90 Å². The Balaban J connectivity index is 1.52. The van der Waals surface area contributed by atoms with Gasteiger partial charge in [0.2, 0.25) is 0 Å². The first kappa shape index (κ1) is 23.8. The molecule has 1 unspecified atom stereocenters. The van der Waals surface area contributed by atoms with Gasteiger partial charge in [-0.05, 0) is 42.3 Å². The molecule has 170 valence electrons. The molecule has 0 aromatic heterocycles. The summed E-state index contributed by atoms with van der Waals surface area (Å²) in [5, 5.41) is 10.6. The second kappa shape index (κ2) is 12.2. The van der Waals surface area contributed by atoms with Gasteiger partial charge in [-0.25, -0.2) is 0 Å². The zero-order valence-electron chi connectivity index (χ0n) is 19.1. The van der Waals surface area contributed by atoms with E-state index in [-0.39, 0.29) is 12.7 Å². The molecule has 5 heteroatoms. The Kier molecular flexibility index (Phi) is 9.11. The van der Waals surface area contributed by atoms with Crippen LogP contribution in [0.4, 0.5) is 0 Å². The summed E-state index contributed by atoms with van der Waals surface area (Å²) in [4.78, 5) is 2.12. The highest BCUT2D eigenvalue weighted by Gasteiger charge is 2.17. The Bertz CT molecular complexity index is 893. The van der Waals surface area contributed by atoms with E-state index in [2.05, 4.69) is 29.2 Å². The first-order valence-electron chi connectivity index (χ1n) is 10.9. The number of aliphatic hydroxyl groups excluding tert-OH is 1. The third-order valence-electron chi connectivity index (χ3n) is 5.41. The fourth-order valence-corrected chi connectivity index (χ4v) is 3.71. The number of methoxy groups -OCH3 is 2. The molecule has 0 bridgehead atoms. The molecule has 3 aromatic rings. The van der Waals surface area contributed by atoms with E-state index < -0.39 is 6.10 Å². The van der Waals surface area contributed by atoms with Crippen LogP contribution in [0.1, 0.15) is 22.8 Å². The van der Waals surface area contributed by atoms with Crippen LogP contribution in [0.2, 0.25) is 0 Å². The number of benzene rings is 3. The molecule has 0 aliphatic carbocycles. The van der Waals surface area contributed by atoms with Gasteiger partial charge < -0.3 is 24.2 Å². The van der Waals surface area contributed by atoms with Gasteiger partial charge in [0.15, 0.2) is 11.5 Å². The third kappa shape index (κ3) is 6.82. The molecule has 3 rings (SSSR count). The Labute approximate surface area is 191 Å². The maximum atomic E-state index is 10.6. The van der Waals surface area contributed by atoms with Gasteiger partial charge in [-0.3, -0.25) is 0 Å². The fraction of sp³-hybridized carbons (Fsp3) is 0.333. The van der Waals surface area contributed by atoms with E-state index in [1.165, 1.54) is 0 Å². The lowest BCUT2D eigenvalue weighted by atomic mass is 10.0. The van der Waals surface area contributed by atoms with E-state index in [0.717, 1.165) is 41.2 Å². The topological polar surface area (TPSA) is 51.2 Å². The van der Waals surface area contributed by atoms with Crippen molar-refractivity contribution in [2.24, 2.45) is 0 Å². The molecule has 3 aromatic carbocycles. The number of hydrogen-bond donors (Lipinski definition) is 1. The highest BCUT2D eigenvalue weighted by molar-refractivity contribution is 5.43. The molecule has 0 spiro atoms. The van der Waals surface area contributed by atoms with Gasteiger partial charge in [0.25, 0.3) is 0 Å². The van der Waals surface area contributed by atoms with Gasteiger partial charge in [0.05, 0.1) is 26.9 Å². The third-order valence-corrected chi connectivity index (χ3v) is 5.41. The molecular weight excluding hydrogens is 402 g/mol. The Hall–Kier alpha value is -2.86. The highest BCUT2D eigenvalue weighted by Crippen LogP contribution is 2.28. The van der Waals surface area contributed by atoms with E-state index in [0.29, 0.717) is 6.54 Å². The monoisotopic (exact) mass is 435 g/mol. The molecule has 1 N–H and O–H groups in total. The SMILES string of the molecule is COc1ccc(CCN(C)CC(O)COC(c2ccccc2)c2ccccc2)cc1OC. The first-order valence-corrected chi connectivity index (χ1v) is 10.9. The number of likely N-dealkylation sites (N-methyl/N-ethyl adjacent to an activating group) is 1. The van der Waals surface area contributed by atoms with Crippen LogP contribution in [-0.4, -0.2) is 57.1 Å². The van der Waals surface area contributed by atoms with Crippen molar-refractivity contribution in [2.75, 3.05) is 41.0 Å². The van der Waals surface area contributed by atoms with E-state index in [9.17, 15) is 5.11 Å².